The molecule has 0 spiro atoms. The molecule has 2 aromatic heterocycles. The number of hydrogen-bond acceptors (Lipinski definition) is 6. The minimum Gasteiger partial charge on any atom is -0.346 e. The Labute approximate surface area is 153 Å². The highest BCUT2D eigenvalue weighted by Crippen LogP contribution is 2.31. The highest BCUT2D eigenvalue weighted by molar-refractivity contribution is 7.17. The molecule has 1 atom stereocenters. The van der Waals surface area contributed by atoms with Gasteiger partial charge in [0.2, 0.25) is 5.95 Å². The van der Waals surface area contributed by atoms with Crippen LogP contribution in [0.5, 0.6) is 0 Å². The number of thiophene rings is 1. The molecule has 9 heteroatoms. The first kappa shape index (κ1) is 18.1. The minimum atomic E-state index is -2.83. The van der Waals surface area contributed by atoms with Crippen LogP contribution < -0.4 is 5.32 Å². The van der Waals surface area contributed by atoms with E-state index in [0.717, 1.165) is 4.90 Å². The van der Waals surface area contributed by atoms with E-state index in [9.17, 15) is 13.6 Å². The van der Waals surface area contributed by atoms with E-state index in [1.165, 1.54) is 11.3 Å². The quantitative estimate of drug-likeness (QED) is 0.619. The summed E-state index contributed by atoms with van der Waals surface area (Å²) in [5, 5.41) is 4.84. The van der Waals surface area contributed by atoms with Crippen molar-refractivity contribution >= 4 is 40.1 Å². The Balaban J connectivity index is 1.91. The van der Waals surface area contributed by atoms with E-state index < -0.39 is 24.9 Å². The van der Waals surface area contributed by atoms with Crippen LogP contribution in [-0.4, -0.2) is 52.5 Å². The van der Waals surface area contributed by atoms with E-state index in [4.69, 9.17) is 0 Å². The van der Waals surface area contributed by atoms with Crippen molar-refractivity contribution in [3.63, 3.8) is 0 Å². The van der Waals surface area contributed by atoms with Crippen molar-refractivity contribution in [2.45, 2.75) is 18.9 Å². The SMILES string of the molecule is C=C/C=C(\N=C)C(C)Nc1nc(C(=O)N2CC(F)(F)C2)c2sccc2n1. The van der Waals surface area contributed by atoms with Gasteiger partial charge in [0.05, 0.1) is 35.0 Å². The van der Waals surface area contributed by atoms with E-state index in [1.54, 1.807) is 23.6 Å². The van der Waals surface area contributed by atoms with Crippen molar-refractivity contribution < 1.29 is 13.6 Å². The first-order valence-electron chi connectivity index (χ1n) is 7.83. The predicted molar refractivity (Wildman–Crippen MR) is 99.2 cm³/mol. The summed E-state index contributed by atoms with van der Waals surface area (Å²) in [6, 6.07) is 1.48. The Kier molecular flexibility index (Phi) is 4.82. The summed E-state index contributed by atoms with van der Waals surface area (Å²) in [6.07, 6.45) is 3.28. The van der Waals surface area contributed by atoms with Crippen molar-refractivity contribution in [2.24, 2.45) is 4.99 Å². The molecule has 1 N–H and O–H groups in total. The summed E-state index contributed by atoms with van der Waals surface area (Å²) in [5.41, 5.74) is 1.33. The maximum Gasteiger partial charge on any atom is 0.282 e. The molecule has 6 nitrogen and oxygen atoms in total. The lowest BCUT2D eigenvalue weighted by molar-refractivity contribution is -0.113. The summed E-state index contributed by atoms with van der Waals surface area (Å²) in [6.45, 7) is 7.79. The third-order valence-corrected chi connectivity index (χ3v) is 4.81. The van der Waals surface area contributed by atoms with Gasteiger partial charge in [-0.3, -0.25) is 9.79 Å². The van der Waals surface area contributed by atoms with Crippen LogP contribution in [0.25, 0.3) is 10.2 Å². The van der Waals surface area contributed by atoms with Gasteiger partial charge in [-0.2, -0.15) is 0 Å². The molecule has 0 radical (unpaired) electrons. The smallest absolute Gasteiger partial charge is 0.282 e. The van der Waals surface area contributed by atoms with Gasteiger partial charge in [0.15, 0.2) is 5.69 Å². The van der Waals surface area contributed by atoms with Gasteiger partial charge < -0.3 is 10.2 Å². The van der Waals surface area contributed by atoms with E-state index in [0.29, 0.717) is 15.9 Å². The van der Waals surface area contributed by atoms with Gasteiger partial charge in [-0.1, -0.05) is 12.7 Å². The Hall–Kier alpha value is -2.68. The fraction of sp³-hybridized carbons (Fsp3) is 0.294. The van der Waals surface area contributed by atoms with Gasteiger partial charge in [0, 0.05) is 0 Å². The van der Waals surface area contributed by atoms with Crippen LogP contribution in [0.3, 0.4) is 0 Å². The highest BCUT2D eigenvalue weighted by atomic mass is 32.1. The third-order valence-electron chi connectivity index (χ3n) is 3.90. The number of aliphatic imine (C=N–C) groups is 1. The summed E-state index contributed by atoms with van der Waals surface area (Å²) < 4.78 is 26.8. The molecule has 26 heavy (non-hydrogen) atoms. The number of carbonyl (C=O) groups excluding carboxylic acids is 1. The zero-order valence-corrected chi connectivity index (χ0v) is 14.9. The number of likely N-dealkylation sites (tertiary alicyclic amines) is 1. The molecule has 0 aliphatic carbocycles. The molecular weight excluding hydrogens is 360 g/mol. The van der Waals surface area contributed by atoms with Gasteiger partial charge in [0.25, 0.3) is 11.8 Å². The number of nitrogens with zero attached hydrogens (tertiary/aromatic N) is 4. The zero-order valence-electron chi connectivity index (χ0n) is 14.1. The molecule has 0 bridgehead atoms. The average Bonchev–Trinajstić information content (AvgIpc) is 3.04. The minimum absolute atomic E-state index is 0.121. The Morgan fingerprint density at radius 1 is 1.50 bits per heavy atom. The Morgan fingerprint density at radius 2 is 2.23 bits per heavy atom. The lowest BCUT2D eigenvalue weighted by Crippen LogP contribution is -2.58. The maximum atomic E-state index is 13.1. The monoisotopic (exact) mass is 377 g/mol. The number of alkyl halides is 2. The largest absolute Gasteiger partial charge is 0.346 e. The topological polar surface area (TPSA) is 70.5 Å². The number of anilines is 1. The highest BCUT2D eigenvalue weighted by Gasteiger charge is 2.47. The van der Waals surface area contributed by atoms with Crippen LogP contribution in [0.1, 0.15) is 17.4 Å². The van der Waals surface area contributed by atoms with Crippen LogP contribution in [0.4, 0.5) is 14.7 Å². The molecule has 1 saturated heterocycles. The Bertz CT molecular complexity index is 900. The molecule has 1 aliphatic heterocycles. The van der Waals surface area contributed by atoms with Crippen LogP contribution in [0, 0.1) is 0 Å². The van der Waals surface area contributed by atoms with E-state index in [1.807, 2.05) is 6.92 Å². The molecule has 3 heterocycles. The molecular formula is C17H17F2N5OS. The normalized spacial score (nSPS) is 17.5. The molecule has 1 unspecified atom stereocenters. The molecule has 1 aliphatic rings. The number of amides is 1. The van der Waals surface area contributed by atoms with Gasteiger partial charge in [0.1, 0.15) is 0 Å². The number of rotatable bonds is 6. The predicted octanol–water partition coefficient (Wildman–Crippen LogP) is 3.35. The number of carbonyl (C=O) groups is 1. The fourth-order valence-electron chi connectivity index (χ4n) is 2.60. The summed E-state index contributed by atoms with van der Waals surface area (Å²) in [7, 11) is 0. The Morgan fingerprint density at radius 3 is 2.85 bits per heavy atom. The fourth-order valence-corrected chi connectivity index (χ4v) is 3.41. The summed E-state index contributed by atoms with van der Waals surface area (Å²) >= 11 is 1.30. The summed E-state index contributed by atoms with van der Waals surface area (Å²) in [5.74, 6) is -3.13. The van der Waals surface area contributed by atoms with Gasteiger partial charge in [-0.15, -0.1) is 11.3 Å². The third kappa shape index (κ3) is 3.48. The van der Waals surface area contributed by atoms with Crippen LogP contribution in [0.2, 0.25) is 0 Å². The number of halogens is 2. The molecule has 1 amide bonds. The molecule has 0 aromatic carbocycles. The first-order valence-corrected chi connectivity index (χ1v) is 8.71. The second-order valence-corrected chi connectivity index (χ2v) is 6.82. The summed E-state index contributed by atoms with van der Waals surface area (Å²) in [4.78, 5) is 26.2. The number of aromatic nitrogens is 2. The van der Waals surface area contributed by atoms with Crippen LogP contribution in [0.15, 0.2) is 40.9 Å². The van der Waals surface area contributed by atoms with Crippen molar-refractivity contribution in [1.29, 1.82) is 0 Å². The van der Waals surface area contributed by atoms with Crippen molar-refractivity contribution in [3.8, 4) is 0 Å². The molecule has 1 fully saturated rings. The second-order valence-electron chi connectivity index (χ2n) is 5.90. The average molecular weight is 377 g/mol. The molecule has 3 rings (SSSR count). The lowest BCUT2D eigenvalue weighted by Gasteiger charge is -2.38. The van der Waals surface area contributed by atoms with Crippen molar-refractivity contribution in [2.75, 3.05) is 18.4 Å². The van der Waals surface area contributed by atoms with Gasteiger partial charge in [-0.25, -0.2) is 18.7 Å². The van der Waals surface area contributed by atoms with Crippen LogP contribution >= 0.6 is 11.3 Å². The van der Waals surface area contributed by atoms with Crippen molar-refractivity contribution in [1.82, 2.24) is 14.9 Å². The van der Waals surface area contributed by atoms with Gasteiger partial charge >= 0.3 is 0 Å². The standard InChI is InChI=1S/C17H17F2N5OS/c1-4-5-11(20-3)10(2)21-16-22-12-6-7-26-14(12)13(23-16)15(25)24-8-17(18,19)9-24/h4-7,10H,1,3,8-9H2,2H3,(H,21,22,23)/b11-5-. The molecule has 136 valence electrons. The van der Waals surface area contributed by atoms with E-state index >= 15 is 0 Å². The van der Waals surface area contributed by atoms with Gasteiger partial charge in [-0.05, 0) is 31.2 Å². The first-order chi connectivity index (χ1) is 12.3. The second kappa shape index (κ2) is 6.91. The molecule has 2 aromatic rings. The number of hydrogen-bond donors (Lipinski definition) is 1. The van der Waals surface area contributed by atoms with E-state index in [2.05, 4.69) is 33.6 Å². The number of nitrogens with one attached hydrogen (secondary N) is 1. The number of allylic oxidation sites excluding steroid dienone is 2. The number of fused-ring (bicyclic) bond motifs is 1. The lowest BCUT2D eigenvalue weighted by atomic mass is 10.1. The van der Waals surface area contributed by atoms with E-state index in [-0.39, 0.29) is 17.7 Å². The maximum absolute atomic E-state index is 13.1. The van der Waals surface area contributed by atoms with Crippen molar-refractivity contribution in [3.05, 3.63) is 41.6 Å². The zero-order chi connectivity index (χ0) is 18.9. The molecule has 0 saturated carbocycles. The van der Waals surface area contributed by atoms with Crippen LogP contribution in [-0.2, 0) is 0 Å².